The molecule has 1 aromatic carbocycles. The topological polar surface area (TPSA) is 17.1 Å². The lowest BCUT2D eigenvalue weighted by molar-refractivity contribution is 0.0922. The van der Waals surface area contributed by atoms with Crippen LogP contribution in [-0.4, -0.2) is 5.78 Å². The monoisotopic (exact) mass is 224 g/mol. The zero-order chi connectivity index (χ0) is 11.7. The van der Waals surface area contributed by atoms with Gasteiger partial charge in [-0.3, -0.25) is 4.79 Å². The Balaban J connectivity index is 1.94. The molecule has 0 amide bonds. The van der Waals surface area contributed by atoms with Gasteiger partial charge in [0, 0.05) is 11.5 Å². The molecule has 0 radical (unpaired) electrons. The second kappa shape index (κ2) is 4.33. The van der Waals surface area contributed by atoms with Gasteiger partial charge < -0.3 is 0 Å². The zero-order valence-electron chi connectivity index (χ0n) is 9.86. The fraction of sp³-hybridized carbons (Fsp3) is 0.312. The van der Waals surface area contributed by atoms with Crippen LogP contribution in [0, 0.1) is 5.92 Å². The Morgan fingerprint density at radius 1 is 1.12 bits per heavy atom. The highest BCUT2D eigenvalue weighted by Crippen LogP contribution is 2.33. The second-order valence-electron chi connectivity index (χ2n) is 4.82. The van der Waals surface area contributed by atoms with E-state index >= 15 is 0 Å². The molecule has 0 N–H and O–H groups in total. The zero-order valence-corrected chi connectivity index (χ0v) is 9.86. The van der Waals surface area contributed by atoms with Crippen LogP contribution in [0.2, 0.25) is 0 Å². The Morgan fingerprint density at radius 3 is 2.82 bits per heavy atom. The minimum Gasteiger partial charge on any atom is -0.293 e. The number of hydrogen-bond acceptors (Lipinski definition) is 1. The van der Waals surface area contributed by atoms with Crippen molar-refractivity contribution in [2.45, 2.75) is 25.7 Å². The summed E-state index contributed by atoms with van der Waals surface area (Å²) in [5.41, 5.74) is 3.49. The number of benzene rings is 1. The molecule has 2 aliphatic rings. The van der Waals surface area contributed by atoms with Crippen LogP contribution in [0.25, 0.3) is 0 Å². The van der Waals surface area contributed by atoms with Gasteiger partial charge in [-0.15, -0.1) is 0 Å². The molecular formula is C16H16O. The van der Waals surface area contributed by atoms with Crippen LogP contribution < -0.4 is 0 Å². The number of carbonyl (C=O) groups excluding carboxylic acids is 1. The lowest BCUT2D eigenvalue weighted by Gasteiger charge is -2.26. The summed E-state index contributed by atoms with van der Waals surface area (Å²) in [4.78, 5) is 12.5. The number of ketones is 1. The molecule has 0 aromatic heterocycles. The molecule has 0 saturated carbocycles. The van der Waals surface area contributed by atoms with Crippen molar-refractivity contribution in [1.29, 1.82) is 0 Å². The highest BCUT2D eigenvalue weighted by atomic mass is 16.1. The normalized spacial score (nSPS) is 23.2. The van der Waals surface area contributed by atoms with Crippen molar-refractivity contribution in [3.05, 3.63) is 59.2 Å². The van der Waals surface area contributed by atoms with Crippen molar-refractivity contribution in [2.24, 2.45) is 5.92 Å². The van der Waals surface area contributed by atoms with Gasteiger partial charge in [0.1, 0.15) is 0 Å². The maximum Gasteiger partial charge on any atom is 0.170 e. The molecule has 0 aliphatic heterocycles. The summed E-state index contributed by atoms with van der Waals surface area (Å²) in [6.07, 6.45) is 10.5. The number of aryl methyl sites for hydroxylation is 1. The van der Waals surface area contributed by atoms with Crippen molar-refractivity contribution >= 4 is 5.78 Å². The van der Waals surface area contributed by atoms with Crippen molar-refractivity contribution in [1.82, 2.24) is 0 Å². The Labute approximate surface area is 102 Å². The van der Waals surface area contributed by atoms with E-state index in [0.717, 1.165) is 31.2 Å². The molecule has 0 spiro atoms. The molecule has 0 fully saturated rings. The smallest absolute Gasteiger partial charge is 0.170 e. The van der Waals surface area contributed by atoms with Gasteiger partial charge in [-0.1, -0.05) is 48.1 Å². The first-order valence-electron chi connectivity index (χ1n) is 6.34. The number of allylic oxidation sites excluding steroid dienone is 4. The van der Waals surface area contributed by atoms with Gasteiger partial charge in [0.15, 0.2) is 5.78 Å². The van der Waals surface area contributed by atoms with Crippen LogP contribution in [-0.2, 0) is 6.42 Å². The van der Waals surface area contributed by atoms with E-state index < -0.39 is 0 Å². The third-order valence-corrected chi connectivity index (χ3v) is 3.80. The lowest BCUT2D eigenvalue weighted by Crippen LogP contribution is -2.24. The van der Waals surface area contributed by atoms with Crippen molar-refractivity contribution < 1.29 is 4.79 Å². The van der Waals surface area contributed by atoms with Crippen LogP contribution >= 0.6 is 0 Å². The predicted octanol–water partition coefficient (Wildman–Crippen LogP) is 3.71. The molecule has 1 unspecified atom stereocenters. The summed E-state index contributed by atoms with van der Waals surface area (Å²) in [5, 5.41) is 0. The highest BCUT2D eigenvalue weighted by Gasteiger charge is 2.29. The van der Waals surface area contributed by atoms with E-state index in [1.807, 2.05) is 18.2 Å². The summed E-state index contributed by atoms with van der Waals surface area (Å²) in [7, 11) is 0. The van der Waals surface area contributed by atoms with Crippen LogP contribution in [0.4, 0.5) is 0 Å². The number of fused-ring (bicyclic) bond motifs is 1. The van der Waals surface area contributed by atoms with Gasteiger partial charge in [-0.25, -0.2) is 0 Å². The molecular weight excluding hydrogens is 208 g/mol. The predicted molar refractivity (Wildman–Crippen MR) is 69.0 cm³/mol. The van der Waals surface area contributed by atoms with E-state index in [-0.39, 0.29) is 5.92 Å². The van der Waals surface area contributed by atoms with Gasteiger partial charge in [-0.2, -0.15) is 0 Å². The Morgan fingerprint density at radius 2 is 2.00 bits per heavy atom. The number of rotatable bonds is 1. The fourth-order valence-corrected chi connectivity index (χ4v) is 2.86. The largest absolute Gasteiger partial charge is 0.293 e. The van der Waals surface area contributed by atoms with Crippen LogP contribution in [0.3, 0.4) is 0 Å². The van der Waals surface area contributed by atoms with E-state index in [0.29, 0.717) is 5.78 Å². The Bertz CT molecular complexity index is 508. The molecule has 17 heavy (non-hydrogen) atoms. The molecule has 1 aromatic rings. The van der Waals surface area contributed by atoms with E-state index in [9.17, 15) is 4.79 Å². The molecule has 0 bridgehead atoms. The maximum absolute atomic E-state index is 12.5. The molecule has 86 valence electrons. The van der Waals surface area contributed by atoms with E-state index in [4.69, 9.17) is 0 Å². The first kappa shape index (κ1) is 10.5. The van der Waals surface area contributed by atoms with Gasteiger partial charge in [0.05, 0.1) is 0 Å². The minimum absolute atomic E-state index is 0.134. The number of hydrogen-bond donors (Lipinski definition) is 0. The lowest BCUT2D eigenvalue weighted by atomic mass is 9.77. The van der Waals surface area contributed by atoms with Gasteiger partial charge in [0.25, 0.3) is 0 Å². The van der Waals surface area contributed by atoms with E-state index in [1.165, 1.54) is 11.1 Å². The number of carbonyl (C=O) groups is 1. The second-order valence-corrected chi connectivity index (χ2v) is 4.82. The summed E-state index contributed by atoms with van der Waals surface area (Å²) in [5.74, 6) is 0.461. The summed E-state index contributed by atoms with van der Waals surface area (Å²) in [6.45, 7) is 0. The summed E-state index contributed by atoms with van der Waals surface area (Å²) >= 11 is 0. The third kappa shape index (κ3) is 1.86. The quantitative estimate of drug-likeness (QED) is 0.710. The average Bonchev–Trinajstić information content (AvgIpc) is 2.40. The van der Waals surface area contributed by atoms with Crippen molar-refractivity contribution in [3.63, 3.8) is 0 Å². The minimum atomic E-state index is 0.134. The SMILES string of the molecule is O=C1c2ccccc2CCC1C1=CC=CCC1. The van der Waals surface area contributed by atoms with Crippen LogP contribution in [0.15, 0.2) is 48.1 Å². The standard InChI is InChI=1S/C16H16O/c17-16-14-9-5-4-8-13(14)10-11-15(16)12-6-2-1-3-7-12/h1-2,4-6,8-9,15H,3,7,10-11H2. The fourth-order valence-electron chi connectivity index (χ4n) is 2.86. The molecule has 2 aliphatic carbocycles. The molecule has 0 saturated heterocycles. The first-order chi connectivity index (χ1) is 8.36. The molecule has 1 atom stereocenters. The summed E-state index contributed by atoms with van der Waals surface area (Å²) in [6, 6.07) is 8.05. The van der Waals surface area contributed by atoms with Gasteiger partial charge >= 0.3 is 0 Å². The van der Waals surface area contributed by atoms with Crippen LogP contribution in [0.5, 0.6) is 0 Å². The molecule has 1 heteroatoms. The average molecular weight is 224 g/mol. The van der Waals surface area contributed by atoms with Gasteiger partial charge in [-0.05, 0) is 31.2 Å². The Kier molecular flexibility index (Phi) is 2.68. The van der Waals surface area contributed by atoms with Crippen molar-refractivity contribution in [2.75, 3.05) is 0 Å². The van der Waals surface area contributed by atoms with E-state index in [2.05, 4.69) is 24.3 Å². The Hall–Kier alpha value is -1.63. The van der Waals surface area contributed by atoms with Crippen LogP contribution in [0.1, 0.15) is 35.2 Å². The third-order valence-electron chi connectivity index (χ3n) is 3.80. The highest BCUT2D eigenvalue weighted by molar-refractivity contribution is 6.01. The maximum atomic E-state index is 12.5. The molecule has 1 nitrogen and oxygen atoms in total. The first-order valence-corrected chi connectivity index (χ1v) is 6.34. The number of Topliss-reactive ketones (excluding diaryl/α,β-unsaturated/α-hetero) is 1. The van der Waals surface area contributed by atoms with E-state index in [1.54, 1.807) is 0 Å². The van der Waals surface area contributed by atoms with Gasteiger partial charge in [0.2, 0.25) is 0 Å². The molecule has 3 rings (SSSR count). The van der Waals surface area contributed by atoms with Crippen molar-refractivity contribution in [3.8, 4) is 0 Å². The molecule has 0 heterocycles. The summed E-state index contributed by atoms with van der Waals surface area (Å²) < 4.78 is 0.